The SMILES string of the molecule is C[N+]1(C)CCCCC1(P(=O)(O)O)S(=O)(=O)O. The lowest BCUT2D eigenvalue weighted by atomic mass is 10.1. The first-order chi connectivity index (χ1) is 6.96. The molecule has 0 spiro atoms. The third-order valence-electron chi connectivity index (χ3n) is 3.28. The summed E-state index contributed by atoms with van der Waals surface area (Å²) in [5.41, 5.74) is 0. The van der Waals surface area contributed by atoms with Crippen LogP contribution in [0.25, 0.3) is 0 Å². The lowest BCUT2D eigenvalue weighted by Gasteiger charge is -2.48. The van der Waals surface area contributed by atoms with Crippen molar-refractivity contribution in [2.75, 3.05) is 20.6 Å². The topological polar surface area (TPSA) is 112 Å². The van der Waals surface area contributed by atoms with Gasteiger partial charge in [0.25, 0.3) is 0 Å². The molecule has 0 aromatic heterocycles. The number of quaternary nitrogens is 1. The smallest absolute Gasteiger partial charge is 0.319 e. The Labute approximate surface area is 94.6 Å². The molecule has 0 aliphatic carbocycles. The summed E-state index contributed by atoms with van der Waals surface area (Å²) in [6, 6.07) is 0. The molecule has 1 saturated heterocycles. The maximum absolute atomic E-state index is 11.5. The molecule has 0 radical (unpaired) electrons. The Balaban J connectivity index is 3.53. The van der Waals surface area contributed by atoms with E-state index in [1.54, 1.807) is 0 Å². The van der Waals surface area contributed by atoms with Crippen molar-refractivity contribution < 1.29 is 31.8 Å². The first-order valence-electron chi connectivity index (χ1n) is 4.81. The lowest BCUT2D eigenvalue weighted by Crippen LogP contribution is -2.65. The molecule has 1 heterocycles. The molecular weight excluding hydrogens is 257 g/mol. The molecule has 0 aromatic rings. The lowest BCUT2D eigenvalue weighted by molar-refractivity contribution is -0.918. The standard InChI is InChI=1S/C7H16NO6PS/c1-8(2)6-4-3-5-7(8,15(9,10)11)16(12,13)14/h3-6H2,1-2H3,(H2-,9,10,11,12,13,14)/p+1. The van der Waals surface area contributed by atoms with Crippen molar-refractivity contribution in [1.29, 1.82) is 0 Å². The Morgan fingerprint density at radius 1 is 1.25 bits per heavy atom. The number of hydrogen-bond donors (Lipinski definition) is 3. The molecule has 9 heteroatoms. The van der Waals surface area contributed by atoms with Crippen LogP contribution in [0.15, 0.2) is 0 Å². The minimum absolute atomic E-state index is 0.233. The van der Waals surface area contributed by atoms with Crippen molar-refractivity contribution in [2.24, 2.45) is 0 Å². The normalized spacial score (nSPS) is 31.3. The van der Waals surface area contributed by atoms with E-state index < -0.39 is 26.8 Å². The maximum Gasteiger partial charge on any atom is 0.404 e. The van der Waals surface area contributed by atoms with Gasteiger partial charge in [-0.1, -0.05) is 0 Å². The Morgan fingerprint density at radius 3 is 2.00 bits per heavy atom. The summed E-state index contributed by atoms with van der Waals surface area (Å²) in [6.45, 7) is 0.297. The highest BCUT2D eigenvalue weighted by Gasteiger charge is 2.69. The highest BCUT2D eigenvalue weighted by molar-refractivity contribution is 7.94. The van der Waals surface area contributed by atoms with Gasteiger partial charge in [-0.2, -0.15) is 8.42 Å². The fourth-order valence-electron chi connectivity index (χ4n) is 2.43. The number of nitrogens with zero attached hydrogens (tertiary/aromatic N) is 1. The fourth-order valence-corrected chi connectivity index (χ4v) is 6.00. The van der Waals surface area contributed by atoms with Crippen molar-refractivity contribution in [3.05, 3.63) is 0 Å². The summed E-state index contributed by atoms with van der Waals surface area (Å²) in [5, 5.41) is 0. The first-order valence-corrected chi connectivity index (χ1v) is 7.87. The minimum Gasteiger partial charge on any atom is -0.319 e. The molecule has 0 bridgehead atoms. The summed E-state index contributed by atoms with van der Waals surface area (Å²) in [7, 11) is -7.01. The number of piperidine rings is 1. The molecule has 0 aromatic carbocycles. The molecule has 1 rings (SSSR count). The van der Waals surface area contributed by atoms with Crippen LogP contribution >= 0.6 is 7.60 Å². The summed E-state index contributed by atoms with van der Waals surface area (Å²) < 4.78 is 40.7. The van der Waals surface area contributed by atoms with Crippen molar-refractivity contribution in [1.82, 2.24) is 0 Å². The van der Waals surface area contributed by atoms with Crippen LogP contribution in [0, 0.1) is 0 Å². The van der Waals surface area contributed by atoms with E-state index in [2.05, 4.69) is 0 Å². The largest absolute Gasteiger partial charge is 0.404 e. The van der Waals surface area contributed by atoms with Crippen LogP contribution in [0.4, 0.5) is 0 Å². The molecule has 0 saturated carbocycles. The van der Waals surface area contributed by atoms with Crippen molar-refractivity contribution >= 4 is 17.7 Å². The predicted molar refractivity (Wildman–Crippen MR) is 57.2 cm³/mol. The predicted octanol–water partition coefficient (Wildman–Crippen LogP) is -0.0340. The second kappa shape index (κ2) is 3.76. The van der Waals surface area contributed by atoms with E-state index in [4.69, 9.17) is 0 Å². The third kappa shape index (κ3) is 1.83. The molecule has 1 atom stereocenters. The third-order valence-corrected chi connectivity index (χ3v) is 7.89. The van der Waals surface area contributed by atoms with Crippen LogP contribution in [0.5, 0.6) is 0 Å². The van der Waals surface area contributed by atoms with E-state index in [1.807, 2.05) is 0 Å². The first kappa shape index (κ1) is 14.1. The van der Waals surface area contributed by atoms with E-state index in [0.717, 1.165) is 0 Å². The zero-order valence-corrected chi connectivity index (χ0v) is 10.9. The average molecular weight is 274 g/mol. The van der Waals surface area contributed by atoms with Gasteiger partial charge in [-0.25, -0.2) is 0 Å². The van der Waals surface area contributed by atoms with Gasteiger partial charge in [0, 0.05) is 6.42 Å². The summed E-state index contributed by atoms with van der Waals surface area (Å²) in [6.07, 6.45) is 0.806. The summed E-state index contributed by atoms with van der Waals surface area (Å²) in [4.78, 5) is 18.6. The van der Waals surface area contributed by atoms with Gasteiger partial charge >= 0.3 is 22.3 Å². The molecular formula is C7H17NO6PS+. The summed E-state index contributed by atoms with van der Waals surface area (Å²) in [5.74, 6) is 0. The minimum atomic E-state index is -4.98. The van der Waals surface area contributed by atoms with Gasteiger partial charge < -0.3 is 9.79 Å². The quantitative estimate of drug-likeness (QED) is 0.370. The summed E-state index contributed by atoms with van der Waals surface area (Å²) >= 11 is 0. The molecule has 7 nitrogen and oxygen atoms in total. The molecule has 3 N–H and O–H groups in total. The average Bonchev–Trinajstić information content (AvgIpc) is 1.97. The Hall–Kier alpha value is 0.0200. The zero-order valence-electron chi connectivity index (χ0n) is 9.20. The van der Waals surface area contributed by atoms with E-state index >= 15 is 0 Å². The monoisotopic (exact) mass is 274 g/mol. The number of rotatable bonds is 2. The molecule has 96 valence electrons. The zero-order chi connectivity index (χ0) is 12.8. The van der Waals surface area contributed by atoms with Gasteiger partial charge in [0.2, 0.25) is 0 Å². The molecule has 1 unspecified atom stereocenters. The fraction of sp³-hybridized carbons (Fsp3) is 1.00. The van der Waals surface area contributed by atoms with Crippen LogP contribution < -0.4 is 0 Å². The van der Waals surface area contributed by atoms with Crippen LogP contribution in [-0.2, 0) is 14.7 Å². The van der Waals surface area contributed by atoms with Gasteiger partial charge in [-0.15, -0.1) is 0 Å². The maximum atomic E-state index is 11.5. The van der Waals surface area contributed by atoms with E-state index in [9.17, 15) is 27.3 Å². The van der Waals surface area contributed by atoms with E-state index in [-0.39, 0.29) is 6.42 Å². The van der Waals surface area contributed by atoms with Gasteiger partial charge in [-0.3, -0.25) is 13.6 Å². The van der Waals surface area contributed by atoms with Gasteiger partial charge in [0.05, 0.1) is 20.6 Å². The second-order valence-corrected chi connectivity index (χ2v) is 8.38. The van der Waals surface area contributed by atoms with Crippen LogP contribution in [-0.4, -0.2) is 52.5 Å². The molecule has 1 aliphatic rings. The van der Waals surface area contributed by atoms with Crippen LogP contribution in [0.3, 0.4) is 0 Å². The van der Waals surface area contributed by atoms with Gasteiger partial charge in [0.1, 0.15) is 0 Å². The van der Waals surface area contributed by atoms with Crippen molar-refractivity contribution in [2.45, 2.75) is 23.9 Å². The number of hydrogen-bond acceptors (Lipinski definition) is 3. The van der Waals surface area contributed by atoms with Gasteiger partial charge in [0.15, 0.2) is 0 Å². The van der Waals surface area contributed by atoms with E-state index in [0.29, 0.717) is 19.4 Å². The molecule has 1 fully saturated rings. The Kier molecular flexibility index (Phi) is 3.31. The molecule has 1 aliphatic heterocycles. The number of likely N-dealkylation sites (tertiary alicyclic amines) is 1. The van der Waals surface area contributed by atoms with Crippen molar-refractivity contribution in [3.63, 3.8) is 0 Å². The molecule has 16 heavy (non-hydrogen) atoms. The molecule has 0 amide bonds. The van der Waals surface area contributed by atoms with Crippen LogP contribution in [0.2, 0.25) is 0 Å². The second-order valence-electron chi connectivity index (χ2n) is 4.63. The highest BCUT2D eigenvalue weighted by atomic mass is 32.2. The van der Waals surface area contributed by atoms with Gasteiger partial charge in [-0.05, 0) is 12.8 Å². The van der Waals surface area contributed by atoms with Crippen LogP contribution in [0.1, 0.15) is 19.3 Å². The van der Waals surface area contributed by atoms with E-state index in [1.165, 1.54) is 14.1 Å². The highest BCUT2D eigenvalue weighted by Crippen LogP contribution is 2.61. The van der Waals surface area contributed by atoms with Crippen molar-refractivity contribution in [3.8, 4) is 0 Å². The Morgan fingerprint density at radius 2 is 1.75 bits per heavy atom. The Bertz CT molecular complexity index is 426.